The van der Waals surface area contributed by atoms with Crippen LogP contribution in [0.3, 0.4) is 0 Å². The summed E-state index contributed by atoms with van der Waals surface area (Å²) in [6.45, 7) is 0. The highest BCUT2D eigenvalue weighted by Gasteiger charge is 2.27. The van der Waals surface area contributed by atoms with Gasteiger partial charge in [-0.15, -0.1) is 0 Å². The standard InChI is InChI=1S/C7H2BrClF2N2O3/c8-4-2(7(10)11)1-3(13(15)16)12-5(4)6(9)14/h1,7H. The molecular weight excluding hydrogens is 313 g/mol. The molecule has 0 fully saturated rings. The number of nitro groups is 1. The van der Waals surface area contributed by atoms with Gasteiger partial charge in [0, 0.05) is 11.6 Å². The van der Waals surface area contributed by atoms with Crippen LogP contribution in [0.15, 0.2) is 10.5 Å². The molecule has 0 saturated heterocycles. The molecule has 1 rings (SSSR count). The van der Waals surface area contributed by atoms with Gasteiger partial charge in [0.1, 0.15) is 0 Å². The predicted molar refractivity (Wildman–Crippen MR) is 53.7 cm³/mol. The molecule has 0 aliphatic carbocycles. The summed E-state index contributed by atoms with van der Waals surface area (Å²) < 4.78 is 24.6. The first-order valence-corrected chi connectivity index (χ1v) is 4.84. The minimum Gasteiger partial charge on any atom is -0.358 e. The molecule has 0 saturated carbocycles. The number of pyridine rings is 1. The second-order valence-corrected chi connectivity index (χ2v) is 3.70. The van der Waals surface area contributed by atoms with Crippen molar-refractivity contribution in [2.75, 3.05) is 0 Å². The fourth-order valence-corrected chi connectivity index (χ4v) is 1.72. The highest BCUT2D eigenvalue weighted by atomic mass is 79.9. The minimum atomic E-state index is -2.98. The van der Waals surface area contributed by atoms with E-state index in [0.29, 0.717) is 6.07 Å². The number of carbonyl (C=O) groups excluding carboxylic acids is 1. The molecule has 0 N–H and O–H groups in total. The third kappa shape index (κ3) is 2.50. The van der Waals surface area contributed by atoms with Gasteiger partial charge in [0.2, 0.25) is 5.69 Å². The Morgan fingerprint density at radius 3 is 2.56 bits per heavy atom. The van der Waals surface area contributed by atoms with E-state index >= 15 is 0 Å². The van der Waals surface area contributed by atoms with Gasteiger partial charge in [-0.05, 0) is 37.4 Å². The fraction of sp³-hybridized carbons (Fsp3) is 0.143. The quantitative estimate of drug-likeness (QED) is 0.488. The van der Waals surface area contributed by atoms with E-state index in [1.54, 1.807) is 0 Å². The summed E-state index contributed by atoms with van der Waals surface area (Å²) >= 11 is 7.76. The van der Waals surface area contributed by atoms with E-state index in [4.69, 9.17) is 11.6 Å². The molecule has 0 aromatic carbocycles. The Balaban J connectivity index is 3.51. The van der Waals surface area contributed by atoms with Crippen molar-refractivity contribution in [2.45, 2.75) is 6.43 Å². The number of carbonyl (C=O) groups is 1. The lowest BCUT2D eigenvalue weighted by Gasteiger charge is -2.03. The molecule has 1 heterocycles. The molecular formula is C7H2BrClF2N2O3. The summed E-state index contributed by atoms with van der Waals surface area (Å²) in [7, 11) is 0. The van der Waals surface area contributed by atoms with Crippen molar-refractivity contribution in [3.8, 4) is 0 Å². The number of halogens is 4. The van der Waals surface area contributed by atoms with E-state index < -0.39 is 33.7 Å². The van der Waals surface area contributed by atoms with E-state index in [2.05, 4.69) is 20.9 Å². The van der Waals surface area contributed by atoms with Crippen molar-refractivity contribution < 1.29 is 18.5 Å². The Bertz CT molecular complexity index is 469. The van der Waals surface area contributed by atoms with Gasteiger partial charge in [0.15, 0.2) is 0 Å². The topological polar surface area (TPSA) is 73.1 Å². The van der Waals surface area contributed by atoms with Crippen LogP contribution in [0.25, 0.3) is 0 Å². The van der Waals surface area contributed by atoms with E-state index in [0.717, 1.165) is 0 Å². The average Bonchev–Trinajstić information content (AvgIpc) is 2.16. The lowest BCUT2D eigenvalue weighted by Crippen LogP contribution is -2.04. The number of hydrogen-bond acceptors (Lipinski definition) is 4. The van der Waals surface area contributed by atoms with Crippen molar-refractivity contribution in [1.29, 1.82) is 0 Å². The number of alkyl halides is 2. The molecule has 1 aromatic heterocycles. The van der Waals surface area contributed by atoms with Gasteiger partial charge in [0.05, 0.1) is 4.47 Å². The van der Waals surface area contributed by atoms with Crippen molar-refractivity contribution in [2.24, 2.45) is 0 Å². The van der Waals surface area contributed by atoms with Gasteiger partial charge in [-0.3, -0.25) is 4.79 Å². The highest BCUT2D eigenvalue weighted by Crippen LogP contribution is 2.32. The van der Waals surface area contributed by atoms with Gasteiger partial charge in [0.25, 0.3) is 11.7 Å². The smallest absolute Gasteiger partial charge is 0.358 e. The summed E-state index contributed by atoms with van der Waals surface area (Å²) in [4.78, 5) is 23.5. The van der Waals surface area contributed by atoms with E-state index in [1.165, 1.54) is 0 Å². The highest BCUT2D eigenvalue weighted by molar-refractivity contribution is 9.10. The molecule has 0 amide bonds. The Hall–Kier alpha value is -1.15. The van der Waals surface area contributed by atoms with Gasteiger partial charge < -0.3 is 10.1 Å². The Kier molecular flexibility index (Phi) is 3.87. The predicted octanol–water partition coefficient (Wildman–Crippen LogP) is 3.07. The Morgan fingerprint density at radius 1 is 1.62 bits per heavy atom. The monoisotopic (exact) mass is 314 g/mol. The molecule has 0 aliphatic rings. The molecule has 0 radical (unpaired) electrons. The fourth-order valence-electron chi connectivity index (χ4n) is 0.918. The van der Waals surface area contributed by atoms with Crippen LogP contribution in [-0.4, -0.2) is 15.1 Å². The molecule has 0 aliphatic heterocycles. The first-order valence-electron chi connectivity index (χ1n) is 3.67. The van der Waals surface area contributed by atoms with E-state index in [1.807, 2.05) is 0 Å². The van der Waals surface area contributed by atoms with Crippen LogP contribution in [0, 0.1) is 10.1 Å². The van der Waals surface area contributed by atoms with E-state index in [9.17, 15) is 23.7 Å². The SMILES string of the molecule is O=C(Cl)c1nc([N+](=O)[O-])cc(C(F)F)c1Br. The van der Waals surface area contributed by atoms with Crippen molar-refractivity contribution >= 4 is 38.6 Å². The van der Waals surface area contributed by atoms with Crippen LogP contribution in [0.1, 0.15) is 22.5 Å². The zero-order valence-electron chi connectivity index (χ0n) is 7.29. The third-order valence-corrected chi connectivity index (χ3v) is 2.59. The normalized spacial score (nSPS) is 10.6. The number of nitrogens with zero attached hydrogens (tertiary/aromatic N) is 2. The molecule has 16 heavy (non-hydrogen) atoms. The van der Waals surface area contributed by atoms with Crippen LogP contribution in [0.2, 0.25) is 0 Å². The van der Waals surface area contributed by atoms with Crippen LogP contribution in [0.4, 0.5) is 14.6 Å². The van der Waals surface area contributed by atoms with Crippen LogP contribution >= 0.6 is 27.5 Å². The number of hydrogen-bond donors (Lipinski definition) is 0. The maximum Gasteiger partial charge on any atom is 0.364 e. The summed E-state index contributed by atoms with van der Waals surface area (Å²) in [5.41, 5.74) is -1.31. The zero-order valence-corrected chi connectivity index (χ0v) is 9.63. The van der Waals surface area contributed by atoms with Crippen molar-refractivity contribution in [1.82, 2.24) is 4.98 Å². The van der Waals surface area contributed by atoms with Crippen molar-refractivity contribution in [3.05, 3.63) is 31.9 Å². The van der Waals surface area contributed by atoms with Crippen LogP contribution in [0.5, 0.6) is 0 Å². The minimum absolute atomic E-state index is 0.340. The Morgan fingerprint density at radius 2 is 2.19 bits per heavy atom. The van der Waals surface area contributed by atoms with Crippen LogP contribution in [-0.2, 0) is 0 Å². The molecule has 0 spiro atoms. The molecule has 0 bridgehead atoms. The lowest BCUT2D eigenvalue weighted by molar-refractivity contribution is -0.389. The lowest BCUT2D eigenvalue weighted by atomic mass is 10.2. The molecule has 1 aromatic rings. The first-order chi connectivity index (χ1) is 7.34. The summed E-state index contributed by atoms with van der Waals surface area (Å²) in [5.74, 6) is -0.859. The maximum absolute atomic E-state index is 12.5. The summed E-state index contributed by atoms with van der Waals surface area (Å²) in [6.07, 6.45) is -2.98. The largest absolute Gasteiger partial charge is 0.364 e. The third-order valence-electron chi connectivity index (χ3n) is 1.58. The number of rotatable bonds is 3. The zero-order chi connectivity index (χ0) is 12.5. The second-order valence-electron chi connectivity index (χ2n) is 2.56. The number of aromatic nitrogens is 1. The first kappa shape index (κ1) is 12.9. The molecule has 9 heteroatoms. The average molecular weight is 315 g/mol. The Labute approximate surface area is 101 Å². The molecule has 0 atom stereocenters. The van der Waals surface area contributed by atoms with E-state index in [-0.39, 0.29) is 4.47 Å². The summed E-state index contributed by atoms with van der Waals surface area (Å²) in [5, 5.41) is 9.24. The van der Waals surface area contributed by atoms with Crippen LogP contribution < -0.4 is 0 Å². The van der Waals surface area contributed by atoms with Gasteiger partial charge in [-0.2, -0.15) is 0 Å². The van der Waals surface area contributed by atoms with Crippen molar-refractivity contribution in [3.63, 3.8) is 0 Å². The second kappa shape index (κ2) is 4.79. The molecule has 86 valence electrons. The molecule has 0 unspecified atom stereocenters. The van der Waals surface area contributed by atoms with Gasteiger partial charge in [-0.25, -0.2) is 8.78 Å². The summed E-state index contributed by atoms with van der Waals surface area (Å²) in [6, 6.07) is 0.581. The maximum atomic E-state index is 12.5. The molecule has 5 nitrogen and oxygen atoms in total. The van der Waals surface area contributed by atoms with Gasteiger partial charge in [-0.1, -0.05) is 0 Å². The van der Waals surface area contributed by atoms with Gasteiger partial charge >= 0.3 is 5.82 Å².